The number of aryl methyl sites for hydroxylation is 1. The van der Waals surface area contributed by atoms with Crippen LogP contribution in [0, 0.1) is 35.7 Å². The minimum atomic E-state index is -1.77. The third kappa shape index (κ3) is 2.51. The second kappa shape index (κ2) is 5.35. The summed E-state index contributed by atoms with van der Waals surface area (Å²) in [6, 6.07) is 7.16. The van der Waals surface area contributed by atoms with E-state index in [1.54, 1.807) is 13.0 Å². The number of benzene rings is 2. The number of nitrogens with zero attached hydrogens (tertiary/aromatic N) is 1. The molecule has 2 rings (SSSR count). The van der Waals surface area contributed by atoms with Crippen molar-refractivity contribution in [3.05, 3.63) is 70.0 Å². The molecule has 5 heteroatoms. The van der Waals surface area contributed by atoms with E-state index in [4.69, 9.17) is 5.26 Å². The van der Waals surface area contributed by atoms with Crippen molar-refractivity contribution in [1.82, 2.24) is 0 Å². The summed E-state index contributed by atoms with van der Waals surface area (Å²) >= 11 is 0. The molecule has 2 nitrogen and oxygen atoms in total. The topological polar surface area (TPSA) is 44.0 Å². The van der Waals surface area contributed by atoms with E-state index in [0.29, 0.717) is 5.56 Å². The first-order chi connectivity index (χ1) is 9.43. The van der Waals surface area contributed by atoms with Gasteiger partial charge in [-0.2, -0.15) is 5.26 Å². The number of aliphatic hydroxyl groups is 1. The normalized spacial score (nSPS) is 12.0. The highest BCUT2D eigenvalue weighted by Crippen LogP contribution is 2.29. The Morgan fingerprint density at radius 1 is 1.05 bits per heavy atom. The first kappa shape index (κ1) is 14.1. The maximum absolute atomic E-state index is 13.8. The number of rotatable bonds is 2. The maximum Gasteiger partial charge on any atom is 0.133 e. The summed E-state index contributed by atoms with van der Waals surface area (Å²) in [4.78, 5) is 0. The van der Waals surface area contributed by atoms with Gasteiger partial charge >= 0.3 is 0 Å². The minimum Gasteiger partial charge on any atom is -0.383 e. The molecule has 1 atom stereocenters. The Morgan fingerprint density at radius 3 is 2.15 bits per heavy atom. The maximum atomic E-state index is 13.8. The van der Waals surface area contributed by atoms with Crippen LogP contribution in [0.5, 0.6) is 0 Å². The Morgan fingerprint density at radius 2 is 1.65 bits per heavy atom. The van der Waals surface area contributed by atoms with Crippen molar-refractivity contribution >= 4 is 0 Å². The van der Waals surface area contributed by atoms with Crippen molar-refractivity contribution in [3.63, 3.8) is 0 Å². The molecule has 0 aliphatic rings. The first-order valence-electron chi connectivity index (χ1n) is 5.77. The summed E-state index contributed by atoms with van der Waals surface area (Å²) in [5.74, 6) is -2.93. The summed E-state index contributed by atoms with van der Waals surface area (Å²) in [5.41, 5.74) is -0.482. The van der Waals surface area contributed by atoms with Crippen LogP contribution in [0.3, 0.4) is 0 Å². The fourth-order valence-electron chi connectivity index (χ4n) is 1.92. The Hall–Kier alpha value is -2.32. The molecule has 0 bridgehead atoms. The molecule has 0 aromatic heterocycles. The van der Waals surface area contributed by atoms with E-state index in [0.717, 1.165) is 18.2 Å². The molecule has 2 aromatic rings. The molecule has 2 aromatic carbocycles. The lowest BCUT2D eigenvalue weighted by Gasteiger charge is -2.14. The molecule has 102 valence electrons. The summed E-state index contributed by atoms with van der Waals surface area (Å²) in [6.45, 7) is 1.65. The monoisotopic (exact) mass is 277 g/mol. The van der Waals surface area contributed by atoms with E-state index in [1.165, 1.54) is 12.1 Å². The van der Waals surface area contributed by atoms with Crippen molar-refractivity contribution < 1.29 is 18.3 Å². The third-order valence-electron chi connectivity index (χ3n) is 2.93. The van der Waals surface area contributed by atoms with Gasteiger partial charge in [-0.25, -0.2) is 13.2 Å². The van der Waals surface area contributed by atoms with E-state index in [2.05, 4.69) is 0 Å². The number of aliphatic hydroxyl groups excluding tert-OH is 1. The van der Waals surface area contributed by atoms with Crippen LogP contribution in [0.4, 0.5) is 13.2 Å². The molecule has 1 unspecified atom stereocenters. The molecule has 0 aliphatic carbocycles. The number of nitriles is 1. The SMILES string of the molecule is Cc1ccc(C(O)c2c(F)cc(C#N)cc2F)c(F)c1. The molecular weight excluding hydrogens is 267 g/mol. The van der Waals surface area contributed by atoms with Gasteiger partial charge in [0.25, 0.3) is 0 Å². The van der Waals surface area contributed by atoms with Crippen LogP contribution in [-0.2, 0) is 0 Å². The predicted octanol–water partition coefficient (Wildman–Crippen LogP) is 3.37. The zero-order chi connectivity index (χ0) is 14.9. The van der Waals surface area contributed by atoms with E-state index in [-0.39, 0.29) is 11.1 Å². The van der Waals surface area contributed by atoms with Crippen LogP contribution in [-0.4, -0.2) is 5.11 Å². The fraction of sp³-hybridized carbons (Fsp3) is 0.133. The van der Waals surface area contributed by atoms with Crippen LogP contribution >= 0.6 is 0 Å². The van der Waals surface area contributed by atoms with Crippen molar-refractivity contribution in [1.29, 1.82) is 5.26 Å². The molecule has 0 aliphatic heterocycles. The van der Waals surface area contributed by atoms with Crippen molar-refractivity contribution in [2.24, 2.45) is 0 Å². The molecular formula is C15H10F3NO. The van der Waals surface area contributed by atoms with Crippen molar-refractivity contribution in [2.75, 3.05) is 0 Å². The number of halogens is 3. The minimum absolute atomic E-state index is 0.208. The van der Waals surface area contributed by atoms with Crippen LogP contribution in [0.25, 0.3) is 0 Å². The van der Waals surface area contributed by atoms with Gasteiger partial charge in [-0.1, -0.05) is 12.1 Å². The highest BCUT2D eigenvalue weighted by Gasteiger charge is 2.23. The average Bonchev–Trinajstić information content (AvgIpc) is 2.37. The largest absolute Gasteiger partial charge is 0.383 e. The summed E-state index contributed by atoms with van der Waals surface area (Å²) in [7, 11) is 0. The predicted molar refractivity (Wildman–Crippen MR) is 66.3 cm³/mol. The van der Waals surface area contributed by atoms with Gasteiger partial charge < -0.3 is 5.11 Å². The van der Waals surface area contributed by atoms with Gasteiger partial charge in [-0.15, -0.1) is 0 Å². The van der Waals surface area contributed by atoms with E-state index >= 15 is 0 Å². The molecule has 1 N–H and O–H groups in total. The standard InChI is InChI=1S/C15H10F3NO/c1-8-2-3-10(11(16)4-8)15(20)14-12(17)5-9(7-19)6-13(14)18/h2-6,15,20H,1H3. The molecule has 0 heterocycles. The Bertz CT molecular complexity index is 684. The molecule has 0 fully saturated rings. The Balaban J connectivity index is 2.54. The lowest BCUT2D eigenvalue weighted by atomic mass is 9.98. The average molecular weight is 277 g/mol. The van der Waals surface area contributed by atoms with Gasteiger partial charge in [0.05, 0.1) is 17.2 Å². The van der Waals surface area contributed by atoms with Gasteiger partial charge in [0.2, 0.25) is 0 Å². The lowest BCUT2D eigenvalue weighted by molar-refractivity contribution is 0.204. The highest BCUT2D eigenvalue weighted by atomic mass is 19.1. The smallest absolute Gasteiger partial charge is 0.133 e. The lowest BCUT2D eigenvalue weighted by Crippen LogP contribution is -2.08. The quantitative estimate of drug-likeness (QED) is 0.914. The summed E-state index contributed by atoms with van der Waals surface area (Å²) < 4.78 is 41.3. The summed E-state index contributed by atoms with van der Waals surface area (Å²) in [6.07, 6.45) is -1.77. The third-order valence-corrected chi connectivity index (χ3v) is 2.93. The highest BCUT2D eigenvalue weighted by molar-refractivity contribution is 5.39. The van der Waals surface area contributed by atoms with E-state index in [9.17, 15) is 18.3 Å². The van der Waals surface area contributed by atoms with Crippen LogP contribution < -0.4 is 0 Å². The Kier molecular flexibility index (Phi) is 3.77. The second-order valence-corrected chi connectivity index (χ2v) is 4.39. The number of hydrogen-bond acceptors (Lipinski definition) is 2. The zero-order valence-electron chi connectivity index (χ0n) is 10.5. The molecule has 0 spiro atoms. The van der Waals surface area contributed by atoms with Crippen LogP contribution in [0.1, 0.15) is 28.4 Å². The second-order valence-electron chi connectivity index (χ2n) is 4.39. The Labute approximate surface area is 113 Å². The molecule has 0 saturated carbocycles. The van der Waals surface area contributed by atoms with E-state index < -0.39 is 29.1 Å². The fourth-order valence-corrected chi connectivity index (χ4v) is 1.92. The van der Waals surface area contributed by atoms with Crippen LogP contribution in [0.2, 0.25) is 0 Å². The van der Waals surface area contributed by atoms with Gasteiger partial charge in [0, 0.05) is 5.56 Å². The summed E-state index contributed by atoms with van der Waals surface area (Å²) in [5, 5.41) is 18.6. The van der Waals surface area contributed by atoms with Crippen molar-refractivity contribution in [3.8, 4) is 6.07 Å². The van der Waals surface area contributed by atoms with Gasteiger partial charge in [0.1, 0.15) is 23.6 Å². The van der Waals surface area contributed by atoms with Gasteiger partial charge in [-0.05, 0) is 30.7 Å². The first-order valence-corrected chi connectivity index (χ1v) is 5.77. The van der Waals surface area contributed by atoms with Gasteiger partial charge in [0.15, 0.2) is 0 Å². The number of hydrogen-bond donors (Lipinski definition) is 1. The molecule has 0 radical (unpaired) electrons. The molecule has 0 saturated heterocycles. The van der Waals surface area contributed by atoms with E-state index in [1.807, 2.05) is 0 Å². The molecule has 0 amide bonds. The zero-order valence-corrected chi connectivity index (χ0v) is 10.5. The van der Waals surface area contributed by atoms with Crippen molar-refractivity contribution in [2.45, 2.75) is 13.0 Å². The molecule has 20 heavy (non-hydrogen) atoms. The van der Waals surface area contributed by atoms with Gasteiger partial charge in [-0.3, -0.25) is 0 Å². The van der Waals surface area contributed by atoms with Crippen LogP contribution in [0.15, 0.2) is 30.3 Å².